The first-order valence-corrected chi connectivity index (χ1v) is 7.66. The van der Waals surface area contributed by atoms with Gasteiger partial charge in [-0.05, 0) is 36.4 Å². The van der Waals surface area contributed by atoms with Crippen LogP contribution in [0.5, 0.6) is 0 Å². The highest BCUT2D eigenvalue weighted by Gasteiger charge is 2.30. The van der Waals surface area contributed by atoms with E-state index in [0.717, 1.165) is 12.1 Å². The van der Waals surface area contributed by atoms with E-state index in [4.69, 9.17) is 0 Å². The maximum absolute atomic E-state index is 13.7. The van der Waals surface area contributed by atoms with Gasteiger partial charge in [-0.2, -0.15) is 13.2 Å². The molecule has 0 saturated heterocycles. The van der Waals surface area contributed by atoms with Crippen molar-refractivity contribution in [3.63, 3.8) is 0 Å². The van der Waals surface area contributed by atoms with Gasteiger partial charge in [0.25, 0.3) is 5.91 Å². The number of carbonyl (C=O) groups excluding carboxylic acids is 1. The third kappa shape index (κ3) is 4.57. The third-order valence-corrected chi connectivity index (χ3v) is 3.46. The Kier molecular flexibility index (Phi) is 5.02. The smallest absolute Gasteiger partial charge is 0.322 e. The van der Waals surface area contributed by atoms with E-state index >= 15 is 0 Å². The monoisotopic (exact) mass is 376 g/mol. The van der Waals surface area contributed by atoms with Gasteiger partial charge in [0.05, 0.1) is 11.3 Å². The highest BCUT2D eigenvalue weighted by atomic mass is 19.4. The molecule has 3 rings (SSSR count). The molecule has 0 fully saturated rings. The first kappa shape index (κ1) is 18.3. The third-order valence-electron chi connectivity index (χ3n) is 3.46. The Morgan fingerprint density at radius 3 is 2.52 bits per heavy atom. The summed E-state index contributed by atoms with van der Waals surface area (Å²) in [5, 5.41) is 4.98. The second kappa shape index (κ2) is 7.40. The average Bonchev–Trinajstić information content (AvgIpc) is 2.63. The predicted molar refractivity (Wildman–Crippen MR) is 91.1 cm³/mol. The molecule has 1 amide bonds. The van der Waals surface area contributed by atoms with Gasteiger partial charge in [0.2, 0.25) is 5.95 Å². The summed E-state index contributed by atoms with van der Waals surface area (Å²) >= 11 is 0. The van der Waals surface area contributed by atoms with Gasteiger partial charge in [-0.3, -0.25) is 4.79 Å². The van der Waals surface area contributed by atoms with Gasteiger partial charge in [0, 0.05) is 11.9 Å². The first-order valence-electron chi connectivity index (χ1n) is 7.66. The lowest BCUT2D eigenvalue weighted by Gasteiger charge is -2.10. The molecule has 0 atom stereocenters. The molecule has 5 nitrogen and oxygen atoms in total. The number of alkyl halides is 3. The fourth-order valence-corrected chi connectivity index (χ4v) is 2.20. The Labute approximate surface area is 151 Å². The highest BCUT2D eigenvalue weighted by Crippen LogP contribution is 2.30. The molecule has 27 heavy (non-hydrogen) atoms. The number of halogens is 4. The first-order chi connectivity index (χ1) is 12.8. The molecule has 3 aromatic rings. The topological polar surface area (TPSA) is 66.9 Å². The molecular formula is C18H12F4N4O. The molecule has 2 aromatic carbocycles. The van der Waals surface area contributed by atoms with Crippen LogP contribution >= 0.6 is 0 Å². The van der Waals surface area contributed by atoms with Crippen LogP contribution in [-0.4, -0.2) is 15.9 Å². The van der Waals surface area contributed by atoms with E-state index in [0.29, 0.717) is 0 Å². The number of amides is 1. The standard InChI is InChI=1S/C18H12F4N4O/c19-13-6-1-2-7-14(13)25-17-23-9-8-15(26-17)16(27)24-12-5-3-4-11(10-12)18(20,21)22/h1-10H,(H,24,27)(H,23,25,26). The fraction of sp³-hybridized carbons (Fsp3) is 0.0556. The van der Waals surface area contributed by atoms with E-state index in [-0.39, 0.29) is 23.0 Å². The molecule has 9 heteroatoms. The molecule has 138 valence electrons. The van der Waals surface area contributed by atoms with Crippen molar-refractivity contribution in [1.29, 1.82) is 0 Å². The van der Waals surface area contributed by atoms with Crippen LogP contribution in [0.4, 0.5) is 34.9 Å². The van der Waals surface area contributed by atoms with Crippen molar-refractivity contribution in [2.24, 2.45) is 0 Å². The Morgan fingerprint density at radius 2 is 1.78 bits per heavy atom. The quantitative estimate of drug-likeness (QED) is 0.652. The van der Waals surface area contributed by atoms with Gasteiger partial charge in [-0.25, -0.2) is 14.4 Å². The predicted octanol–water partition coefficient (Wildman–Crippen LogP) is 4.63. The minimum atomic E-state index is -4.52. The van der Waals surface area contributed by atoms with Crippen molar-refractivity contribution in [2.75, 3.05) is 10.6 Å². The van der Waals surface area contributed by atoms with Gasteiger partial charge in [-0.15, -0.1) is 0 Å². The number of hydrogen-bond acceptors (Lipinski definition) is 4. The van der Waals surface area contributed by atoms with Gasteiger partial charge in [0.1, 0.15) is 11.5 Å². The van der Waals surface area contributed by atoms with Crippen molar-refractivity contribution >= 4 is 23.2 Å². The van der Waals surface area contributed by atoms with Crippen LogP contribution in [0.3, 0.4) is 0 Å². The Balaban J connectivity index is 1.77. The second-order valence-corrected chi connectivity index (χ2v) is 5.40. The molecule has 1 heterocycles. The minimum absolute atomic E-state index is 0.0305. The molecule has 0 aliphatic rings. The molecule has 1 aromatic heterocycles. The molecule has 0 spiro atoms. The molecule has 0 bridgehead atoms. The summed E-state index contributed by atoms with van der Waals surface area (Å²) < 4.78 is 51.9. The van der Waals surface area contributed by atoms with Gasteiger partial charge in [0.15, 0.2) is 0 Å². The molecule has 0 saturated carbocycles. The summed E-state index contributed by atoms with van der Waals surface area (Å²) in [6.45, 7) is 0. The maximum Gasteiger partial charge on any atom is 0.416 e. The summed E-state index contributed by atoms with van der Waals surface area (Å²) in [6, 6.07) is 11.3. The number of nitrogens with one attached hydrogen (secondary N) is 2. The molecule has 0 radical (unpaired) electrons. The van der Waals surface area contributed by atoms with Crippen LogP contribution in [0.1, 0.15) is 16.1 Å². The summed E-state index contributed by atoms with van der Waals surface area (Å²) in [7, 11) is 0. The van der Waals surface area contributed by atoms with E-state index in [9.17, 15) is 22.4 Å². The molecule has 0 unspecified atom stereocenters. The number of nitrogens with zero attached hydrogens (tertiary/aromatic N) is 2. The summed E-state index contributed by atoms with van der Waals surface area (Å²) in [5.41, 5.74) is -0.892. The fourth-order valence-electron chi connectivity index (χ4n) is 2.20. The number of aromatic nitrogens is 2. The van der Waals surface area contributed by atoms with Crippen LogP contribution in [0.25, 0.3) is 0 Å². The van der Waals surface area contributed by atoms with Gasteiger partial charge >= 0.3 is 6.18 Å². The van der Waals surface area contributed by atoms with Crippen LogP contribution in [0.15, 0.2) is 60.8 Å². The van der Waals surface area contributed by atoms with E-state index in [1.54, 1.807) is 6.07 Å². The van der Waals surface area contributed by atoms with Crippen molar-refractivity contribution in [1.82, 2.24) is 9.97 Å². The Bertz CT molecular complexity index is 975. The SMILES string of the molecule is O=C(Nc1cccc(C(F)(F)F)c1)c1ccnc(Nc2ccccc2F)n1. The lowest BCUT2D eigenvalue weighted by molar-refractivity contribution is -0.137. The molecule has 0 aliphatic heterocycles. The zero-order valence-electron chi connectivity index (χ0n) is 13.6. The Hall–Kier alpha value is -3.49. The van der Waals surface area contributed by atoms with Gasteiger partial charge < -0.3 is 10.6 Å². The summed E-state index contributed by atoms with van der Waals surface area (Å²) in [4.78, 5) is 20.1. The van der Waals surface area contributed by atoms with Crippen molar-refractivity contribution in [3.8, 4) is 0 Å². The second-order valence-electron chi connectivity index (χ2n) is 5.40. The summed E-state index contributed by atoms with van der Waals surface area (Å²) in [5.74, 6) is -1.29. The van der Waals surface area contributed by atoms with E-state index in [1.807, 2.05) is 0 Å². The molecule has 0 aliphatic carbocycles. The summed E-state index contributed by atoms with van der Waals surface area (Å²) in [6.07, 6.45) is -3.25. The zero-order chi connectivity index (χ0) is 19.4. The van der Waals surface area contributed by atoms with E-state index in [1.165, 1.54) is 42.6 Å². The minimum Gasteiger partial charge on any atom is -0.322 e. The number of para-hydroxylation sites is 1. The molecule has 2 N–H and O–H groups in total. The van der Waals surface area contributed by atoms with Crippen molar-refractivity contribution in [2.45, 2.75) is 6.18 Å². The number of hydrogen-bond donors (Lipinski definition) is 2. The van der Waals surface area contributed by atoms with Gasteiger partial charge in [-0.1, -0.05) is 18.2 Å². The maximum atomic E-state index is 13.7. The number of benzene rings is 2. The van der Waals surface area contributed by atoms with Crippen LogP contribution in [-0.2, 0) is 6.18 Å². The lowest BCUT2D eigenvalue weighted by atomic mass is 10.2. The number of rotatable bonds is 4. The van der Waals surface area contributed by atoms with E-state index in [2.05, 4.69) is 20.6 Å². The lowest BCUT2D eigenvalue weighted by Crippen LogP contribution is -2.15. The van der Waals surface area contributed by atoms with E-state index < -0.39 is 23.5 Å². The average molecular weight is 376 g/mol. The zero-order valence-corrected chi connectivity index (χ0v) is 13.6. The molecular weight excluding hydrogens is 364 g/mol. The number of carbonyl (C=O) groups is 1. The number of anilines is 3. The van der Waals surface area contributed by atoms with Crippen molar-refractivity contribution < 1.29 is 22.4 Å². The van der Waals surface area contributed by atoms with Crippen LogP contribution in [0.2, 0.25) is 0 Å². The Morgan fingerprint density at radius 1 is 1.00 bits per heavy atom. The van der Waals surface area contributed by atoms with Crippen LogP contribution < -0.4 is 10.6 Å². The van der Waals surface area contributed by atoms with Crippen molar-refractivity contribution in [3.05, 3.63) is 77.9 Å². The largest absolute Gasteiger partial charge is 0.416 e. The van der Waals surface area contributed by atoms with Crippen LogP contribution in [0, 0.1) is 5.82 Å². The highest BCUT2D eigenvalue weighted by molar-refractivity contribution is 6.03. The normalized spacial score (nSPS) is 11.1.